The Labute approximate surface area is 149 Å². The number of hydrogen-bond acceptors (Lipinski definition) is 3. The molecule has 0 aliphatic carbocycles. The Balaban J connectivity index is 1.57. The van der Waals surface area contributed by atoms with Gasteiger partial charge in [0.25, 0.3) is 0 Å². The second-order valence-electron chi connectivity index (χ2n) is 6.43. The summed E-state index contributed by atoms with van der Waals surface area (Å²) < 4.78 is 13.5. The Hall–Kier alpha value is -2.33. The topological polar surface area (TPSA) is 36.3 Å². The summed E-state index contributed by atoms with van der Waals surface area (Å²) in [4.78, 5) is 4.68. The Morgan fingerprint density at radius 2 is 1.88 bits per heavy atom. The molecule has 3 aromatic rings. The SMILES string of the molecule is COCc1nc2ccccc2n1CCCCOc1ccc(C)cc1C. The highest BCUT2D eigenvalue weighted by Gasteiger charge is 2.09. The van der Waals surface area contributed by atoms with Crippen LogP contribution in [0.3, 0.4) is 0 Å². The maximum absolute atomic E-state index is 5.93. The van der Waals surface area contributed by atoms with Gasteiger partial charge in [0, 0.05) is 13.7 Å². The van der Waals surface area contributed by atoms with Crippen molar-refractivity contribution < 1.29 is 9.47 Å². The molecule has 0 N–H and O–H groups in total. The standard InChI is InChI=1S/C21H26N2O2/c1-16-10-11-20(17(2)14-16)25-13-7-6-12-23-19-9-5-4-8-18(19)22-21(23)15-24-3/h4-5,8-11,14H,6-7,12-13,15H2,1-3H3. The second kappa shape index (κ2) is 8.17. The number of hydrogen-bond donors (Lipinski definition) is 0. The number of aromatic nitrogens is 2. The second-order valence-corrected chi connectivity index (χ2v) is 6.43. The van der Waals surface area contributed by atoms with Crippen molar-refractivity contribution in [1.29, 1.82) is 0 Å². The number of unbranched alkanes of at least 4 members (excludes halogenated alkanes) is 1. The van der Waals surface area contributed by atoms with Gasteiger partial charge in [-0.1, -0.05) is 29.8 Å². The largest absolute Gasteiger partial charge is 0.493 e. The quantitative estimate of drug-likeness (QED) is 0.561. The molecule has 0 saturated carbocycles. The highest BCUT2D eigenvalue weighted by molar-refractivity contribution is 5.75. The molecule has 0 amide bonds. The van der Waals surface area contributed by atoms with Crippen LogP contribution in [0.4, 0.5) is 0 Å². The average molecular weight is 338 g/mol. The van der Waals surface area contributed by atoms with Crippen molar-refractivity contribution in [2.24, 2.45) is 0 Å². The third-order valence-corrected chi connectivity index (χ3v) is 4.37. The first-order valence-corrected chi connectivity index (χ1v) is 8.82. The molecule has 0 spiro atoms. The van der Waals surface area contributed by atoms with Crippen LogP contribution in [0.15, 0.2) is 42.5 Å². The highest BCUT2D eigenvalue weighted by atomic mass is 16.5. The molecule has 0 aliphatic rings. The summed E-state index contributed by atoms with van der Waals surface area (Å²) in [5, 5.41) is 0. The molecule has 0 aliphatic heterocycles. The Morgan fingerprint density at radius 1 is 1.04 bits per heavy atom. The number of methoxy groups -OCH3 is 1. The summed E-state index contributed by atoms with van der Waals surface area (Å²) >= 11 is 0. The zero-order valence-corrected chi connectivity index (χ0v) is 15.3. The molecule has 0 unspecified atom stereocenters. The smallest absolute Gasteiger partial charge is 0.135 e. The first-order chi connectivity index (χ1) is 12.2. The van der Waals surface area contributed by atoms with Crippen molar-refractivity contribution in [3.63, 3.8) is 0 Å². The Bertz CT molecular complexity index is 839. The lowest BCUT2D eigenvalue weighted by Gasteiger charge is -2.11. The molecule has 0 bridgehead atoms. The van der Waals surface area contributed by atoms with Crippen LogP contribution in [0, 0.1) is 13.8 Å². The number of benzene rings is 2. The number of nitrogens with zero attached hydrogens (tertiary/aromatic N) is 2. The molecule has 0 fully saturated rings. The highest BCUT2D eigenvalue weighted by Crippen LogP contribution is 2.20. The van der Waals surface area contributed by atoms with Crippen molar-refractivity contribution in [3.05, 3.63) is 59.4 Å². The van der Waals surface area contributed by atoms with Crippen molar-refractivity contribution >= 4 is 11.0 Å². The molecule has 0 radical (unpaired) electrons. The fourth-order valence-corrected chi connectivity index (χ4v) is 3.13. The molecule has 4 nitrogen and oxygen atoms in total. The maximum atomic E-state index is 5.93. The minimum atomic E-state index is 0.535. The van der Waals surface area contributed by atoms with Gasteiger partial charge < -0.3 is 14.0 Å². The van der Waals surface area contributed by atoms with Gasteiger partial charge in [0.1, 0.15) is 18.2 Å². The van der Waals surface area contributed by atoms with E-state index in [0.29, 0.717) is 6.61 Å². The van der Waals surface area contributed by atoms with Gasteiger partial charge in [-0.05, 0) is 50.5 Å². The third-order valence-electron chi connectivity index (χ3n) is 4.37. The van der Waals surface area contributed by atoms with E-state index in [0.717, 1.165) is 43.1 Å². The zero-order chi connectivity index (χ0) is 17.6. The summed E-state index contributed by atoms with van der Waals surface area (Å²) in [6, 6.07) is 14.6. The lowest BCUT2D eigenvalue weighted by Crippen LogP contribution is -2.07. The normalized spacial score (nSPS) is 11.2. The summed E-state index contributed by atoms with van der Waals surface area (Å²) in [6.07, 6.45) is 2.05. The lowest BCUT2D eigenvalue weighted by molar-refractivity contribution is 0.174. The van der Waals surface area contributed by atoms with Gasteiger partial charge in [-0.3, -0.25) is 0 Å². The predicted octanol–water partition coefficient (Wildman–Crippen LogP) is 4.66. The van der Waals surface area contributed by atoms with Gasteiger partial charge in [-0.25, -0.2) is 4.98 Å². The van der Waals surface area contributed by atoms with E-state index in [1.165, 1.54) is 16.6 Å². The molecule has 1 aromatic heterocycles. The van der Waals surface area contributed by atoms with Crippen molar-refractivity contribution in [1.82, 2.24) is 9.55 Å². The first kappa shape index (κ1) is 17.5. The van der Waals surface area contributed by atoms with Gasteiger partial charge in [0.05, 0.1) is 17.6 Å². The Morgan fingerprint density at radius 3 is 2.68 bits per heavy atom. The van der Waals surface area contributed by atoms with E-state index in [4.69, 9.17) is 9.47 Å². The average Bonchev–Trinajstić information content (AvgIpc) is 2.94. The van der Waals surface area contributed by atoms with Crippen LogP contribution in [-0.4, -0.2) is 23.3 Å². The van der Waals surface area contributed by atoms with Crippen LogP contribution in [0.2, 0.25) is 0 Å². The van der Waals surface area contributed by atoms with Gasteiger partial charge in [-0.2, -0.15) is 0 Å². The fourth-order valence-electron chi connectivity index (χ4n) is 3.13. The van der Waals surface area contributed by atoms with Crippen LogP contribution in [0.5, 0.6) is 5.75 Å². The molecule has 3 rings (SSSR count). The van der Waals surface area contributed by atoms with Crippen LogP contribution in [0.25, 0.3) is 11.0 Å². The number of imidazole rings is 1. The van der Waals surface area contributed by atoms with E-state index < -0.39 is 0 Å². The molecule has 4 heteroatoms. The maximum Gasteiger partial charge on any atom is 0.135 e. The number of para-hydroxylation sites is 2. The van der Waals surface area contributed by atoms with Crippen LogP contribution in [-0.2, 0) is 17.9 Å². The number of fused-ring (bicyclic) bond motifs is 1. The number of rotatable bonds is 8. The third kappa shape index (κ3) is 4.20. The van der Waals surface area contributed by atoms with Crippen molar-refractivity contribution in [2.45, 2.75) is 39.8 Å². The molecule has 1 heterocycles. The van der Waals surface area contributed by atoms with E-state index in [1.807, 2.05) is 12.1 Å². The summed E-state index contributed by atoms with van der Waals surface area (Å²) in [7, 11) is 1.71. The predicted molar refractivity (Wildman–Crippen MR) is 101 cm³/mol. The molecule has 0 saturated heterocycles. The molecule has 0 atom stereocenters. The van der Waals surface area contributed by atoms with E-state index in [1.54, 1.807) is 7.11 Å². The Kier molecular flexibility index (Phi) is 5.71. The van der Waals surface area contributed by atoms with E-state index in [9.17, 15) is 0 Å². The van der Waals surface area contributed by atoms with Gasteiger partial charge in [0.15, 0.2) is 0 Å². The van der Waals surface area contributed by atoms with Crippen LogP contribution in [0.1, 0.15) is 29.8 Å². The molecule has 25 heavy (non-hydrogen) atoms. The van der Waals surface area contributed by atoms with Gasteiger partial charge >= 0.3 is 0 Å². The van der Waals surface area contributed by atoms with E-state index >= 15 is 0 Å². The van der Waals surface area contributed by atoms with Crippen LogP contribution >= 0.6 is 0 Å². The van der Waals surface area contributed by atoms with Gasteiger partial charge in [-0.15, -0.1) is 0 Å². The van der Waals surface area contributed by atoms with Crippen molar-refractivity contribution in [2.75, 3.05) is 13.7 Å². The summed E-state index contributed by atoms with van der Waals surface area (Å²) in [6.45, 7) is 6.39. The van der Waals surface area contributed by atoms with E-state index in [2.05, 4.69) is 53.7 Å². The monoisotopic (exact) mass is 338 g/mol. The molecule has 132 valence electrons. The molecular formula is C21H26N2O2. The summed E-state index contributed by atoms with van der Waals surface area (Å²) in [5.41, 5.74) is 4.66. The van der Waals surface area contributed by atoms with Crippen molar-refractivity contribution in [3.8, 4) is 5.75 Å². The molecule has 2 aromatic carbocycles. The fraction of sp³-hybridized carbons (Fsp3) is 0.381. The number of ether oxygens (including phenoxy) is 2. The summed E-state index contributed by atoms with van der Waals surface area (Å²) in [5.74, 6) is 1.97. The minimum Gasteiger partial charge on any atom is -0.493 e. The van der Waals surface area contributed by atoms with Gasteiger partial charge in [0.2, 0.25) is 0 Å². The number of aryl methyl sites for hydroxylation is 3. The van der Waals surface area contributed by atoms with Crippen LogP contribution < -0.4 is 4.74 Å². The van der Waals surface area contributed by atoms with E-state index in [-0.39, 0.29) is 0 Å². The minimum absolute atomic E-state index is 0.535. The lowest BCUT2D eigenvalue weighted by atomic mass is 10.1. The first-order valence-electron chi connectivity index (χ1n) is 8.82. The zero-order valence-electron chi connectivity index (χ0n) is 15.3. The molecular weight excluding hydrogens is 312 g/mol.